The smallest absolute Gasteiger partial charge is 0.357 e. The Morgan fingerprint density at radius 1 is 1.62 bits per heavy atom. The predicted octanol–water partition coefficient (Wildman–Crippen LogP) is 0.547. The van der Waals surface area contributed by atoms with Crippen molar-refractivity contribution >= 4 is 23.2 Å². The highest BCUT2D eigenvalue weighted by Gasteiger charge is 2.09. The van der Waals surface area contributed by atoms with Crippen molar-refractivity contribution < 1.29 is 14.3 Å². The van der Waals surface area contributed by atoms with E-state index >= 15 is 0 Å². The monoisotopic (exact) mass is 238 g/mol. The third-order valence-electron chi connectivity index (χ3n) is 1.45. The van der Waals surface area contributed by atoms with Gasteiger partial charge in [0.1, 0.15) is 0 Å². The second kappa shape index (κ2) is 5.88. The molecule has 2 N–H and O–H groups in total. The van der Waals surface area contributed by atoms with Crippen LogP contribution in [0.4, 0.5) is 0 Å². The maximum atomic E-state index is 11.2. The van der Waals surface area contributed by atoms with Crippen LogP contribution >= 0.6 is 11.3 Å². The third kappa shape index (κ3) is 3.71. The minimum absolute atomic E-state index is 0.0195. The van der Waals surface area contributed by atoms with Gasteiger partial charge < -0.3 is 10.5 Å². The number of hydrogen-bond acceptors (Lipinski definition) is 5. The molecule has 6 heteroatoms. The van der Waals surface area contributed by atoms with Crippen LogP contribution in [0.2, 0.25) is 0 Å². The van der Waals surface area contributed by atoms with Gasteiger partial charge in [0.05, 0.1) is 13.0 Å². The van der Waals surface area contributed by atoms with Gasteiger partial charge in [-0.15, -0.1) is 11.3 Å². The van der Waals surface area contributed by atoms with Crippen LogP contribution in [0.25, 0.3) is 0 Å². The number of amides is 1. The van der Waals surface area contributed by atoms with Crippen LogP contribution in [0.3, 0.4) is 0 Å². The Hall–Kier alpha value is -1.87. The van der Waals surface area contributed by atoms with Gasteiger partial charge >= 0.3 is 5.97 Å². The van der Waals surface area contributed by atoms with Gasteiger partial charge in [-0.3, -0.25) is 4.79 Å². The van der Waals surface area contributed by atoms with E-state index in [-0.39, 0.29) is 12.1 Å². The number of carbonyl (C=O) groups is 2. The van der Waals surface area contributed by atoms with Crippen LogP contribution in [0.15, 0.2) is 5.38 Å². The fourth-order valence-electron chi connectivity index (χ4n) is 0.837. The first kappa shape index (κ1) is 12.2. The molecular formula is C10H10N2O3S. The normalized spacial score (nSPS) is 9.06. The van der Waals surface area contributed by atoms with Crippen LogP contribution in [-0.4, -0.2) is 23.5 Å². The highest BCUT2D eigenvalue weighted by atomic mass is 32.1. The standard InChI is InChI=1S/C10H10N2O3S/c1-2-15-10(14)7-6-16-9(12-7)5-3-4-8(11)13/h6H,2,4H2,1H3,(H2,11,13). The maximum Gasteiger partial charge on any atom is 0.357 e. The lowest BCUT2D eigenvalue weighted by atomic mass is 10.4. The molecule has 5 nitrogen and oxygen atoms in total. The summed E-state index contributed by atoms with van der Waals surface area (Å²) in [6.07, 6.45) is -0.0195. The molecule has 0 aliphatic heterocycles. The molecule has 1 aromatic rings. The van der Waals surface area contributed by atoms with E-state index in [4.69, 9.17) is 10.5 Å². The van der Waals surface area contributed by atoms with Crippen LogP contribution < -0.4 is 5.73 Å². The van der Waals surface area contributed by atoms with Gasteiger partial charge in [-0.25, -0.2) is 9.78 Å². The highest BCUT2D eigenvalue weighted by Crippen LogP contribution is 2.09. The summed E-state index contributed by atoms with van der Waals surface area (Å²) in [6, 6.07) is 0. The van der Waals surface area contributed by atoms with E-state index in [0.29, 0.717) is 11.6 Å². The van der Waals surface area contributed by atoms with E-state index in [2.05, 4.69) is 16.8 Å². The summed E-state index contributed by atoms with van der Waals surface area (Å²) in [4.78, 5) is 25.6. The van der Waals surface area contributed by atoms with Crippen molar-refractivity contribution in [2.75, 3.05) is 6.61 Å². The average Bonchev–Trinajstić information content (AvgIpc) is 2.66. The van der Waals surface area contributed by atoms with Gasteiger partial charge in [0.2, 0.25) is 5.91 Å². The lowest BCUT2D eigenvalue weighted by Crippen LogP contribution is -2.08. The first-order chi connectivity index (χ1) is 7.63. The van der Waals surface area contributed by atoms with Crippen LogP contribution in [0.5, 0.6) is 0 Å². The van der Waals surface area contributed by atoms with Crippen molar-refractivity contribution in [3.63, 3.8) is 0 Å². The minimum Gasteiger partial charge on any atom is -0.461 e. The van der Waals surface area contributed by atoms with E-state index in [9.17, 15) is 9.59 Å². The molecule has 1 amide bonds. The molecule has 0 aliphatic rings. The topological polar surface area (TPSA) is 82.3 Å². The SMILES string of the molecule is CCOC(=O)c1csc(C#CCC(N)=O)n1. The van der Waals surface area contributed by atoms with Gasteiger partial charge in [-0.2, -0.15) is 0 Å². The summed E-state index contributed by atoms with van der Waals surface area (Å²) >= 11 is 1.22. The second-order valence-electron chi connectivity index (χ2n) is 2.70. The molecule has 0 fully saturated rings. The number of aromatic nitrogens is 1. The first-order valence-electron chi connectivity index (χ1n) is 4.53. The largest absolute Gasteiger partial charge is 0.461 e. The molecule has 0 radical (unpaired) electrons. The fraction of sp³-hybridized carbons (Fsp3) is 0.300. The summed E-state index contributed by atoms with van der Waals surface area (Å²) in [7, 11) is 0. The van der Waals surface area contributed by atoms with Crippen molar-refractivity contribution in [2.24, 2.45) is 5.73 Å². The minimum atomic E-state index is -0.491. The van der Waals surface area contributed by atoms with Crippen molar-refractivity contribution in [2.45, 2.75) is 13.3 Å². The number of rotatable bonds is 3. The van der Waals surface area contributed by atoms with Crippen molar-refractivity contribution in [3.05, 3.63) is 16.1 Å². The quantitative estimate of drug-likeness (QED) is 0.615. The predicted molar refractivity (Wildman–Crippen MR) is 58.8 cm³/mol. The summed E-state index contributed by atoms with van der Waals surface area (Å²) in [6.45, 7) is 2.02. The molecule has 0 spiro atoms. The number of carbonyl (C=O) groups excluding carboxylic acids is 2. The van der Waals surface area contributed by atoms with Crippen molar-refractivity contribution in [3.8, 4) is 11.8 Å². The Kier molecular flexibility index (Phi) is 4.48. The Labute approximate surface area is 96.6 Å². The van der Waals surface area contributed by atoms with Gasteiger partial charge in [0.25, 0.3) is 0 Å². The van der Waals surface area contributed by atoms with Gasteiger partial charge in [0.15, 0.2) is 10.7 Å². The number of ether oxygens (including phenoxy) is 1. The van der Waals surface area contributed by atoms with Gasteiger partial charge in [-0.05, 0) is 12.8 Å². The molecule has 1 aromatic heterocycles. The lowest BCUT2D eigenvalue weighted by Gasteiger charge is -1.95. The summed E-state index contributed by atoms with van der Waals surface area (Å²) in [5, 5.41) is 2.02. The molecular weight excluding hydrogens is 228 g/mol. The van der Waals surface area contributed by atoms with Crippen molar-refractivity contribution in [1.82, 2.24) is 4.98 Å². The van der Waals surface area contributed by atoms with Gasteiger partial charge in [0, 0.05) is 5.38 Å². The molecule has 0 bridgehead atoms. The van der Waals surface area contributed by atoms with E-state index in [1.807, 2.05) is 0 Å². The number of nitrogens with zero attached hydrogens (tertiary/aromatic N) is 1. The second-order valence-corrected chi connectivity index (χ2v) is 3.56. The number of primary amides is 1. The number of esters is 1. The Morgan fingerprint density at radius 3 is 3.00 bits per heavy atom. The Balaban J connectivity index is 2.66. The molecule has 16 heavy (non-hydrogen) atoms. The zero-order valence-corrected chi connectivity index (χ0v) is 9.47. The first-order valence-corrected chi connectivity index (χ1v) is 5.41. The summed E-state index contributed by atoms with van der Waals surface area (Å²) in [5.74, 6) is 4.24. The number of hydrogen-bond donors (Lipinski definition) is 1. The number of nitrogens with two attached hydrogens (primary N) is 1. The van der Waals surface area contributed by atoms with E-state index in [0.717, 1.165) is 0 Å². The molecule has 1 rings (SSSR count). The lowest BCUT2D eigenvalue weighted by molar-refractivity contribution is -0.117. The molecule has 1 heterocycles. The molecule has 0 unspecified atom stereocenters. The van der Waals surface area contributed by atoms with Crippen LogP contribution in [0, 0.1) is 11.8 Å². The highest BCUT2D eigenvalue weighted by molar-refractivity contribution is 7.10. The van der Waals surface area contributed by atoms with Crippen molar-refractivity contribution in [1.29, 1.82) is 0 Å². The zero-order valence-electron chi connectivity index (χ0n) is 8.65. The molecule has 0 aromatic carbocycles. The van der Waals surface area contributed by atoms with E-state index in [1.165, 1.54) is 11.3 Å². The molecule has 0 aliphatic carbocycles. The zero-order chi connectivity index (χ0) is 12.0. The Morgan fingerprint density at radius 2 is 2.38 bits per heavy atom. The molecule has 0 saturated heterocycles. The van der Waals surface area contributed by atoms with Crippen LogP contribution in [-0.2, 0) is 9.53 Å². The molecule has 0 saturated carbocycles. The van der Waals surface area contributed by atoms with Crippen LogP contribution in [0.1, 0.15) is 28.8 Å². The number of thiazole rings is 1. The summed E-state index contributed by atoms with van der Waals surface area (Å²) < 4.78 is 4.77. The molecule has 84 valence electrons. The average molecular weight is 238 g/mol. The maximum absolute atomic E-state index is 11.2. The summed E-state index contributed by atoms with van der Waals surface area (Å²) in [5.41, 5.74) is 5.15. The fourth-order valence-corrected chi connectivity index (χ4v) is 1.49. The van der Waals surface area contributed by atoms with Gasteiger partial charge in [-0.1, -0.05) is 5.92 Å². The molecule has 0 atom stereocenters. The third-order valence-corrected chi connectivity index (χ3v) is 2.20. The van der Waals surface area contributed by atoms with E-state index < -0.39 is 11.9 Å². The Bertz CT molecular complexity index is 456. The van der Waals surface area contributed by atoms with E-state index in [1.54, 1.807) is 12.3 Å².